The SMILES string of the molecule is CC1=C(C(=O)Nc2ccc(Cl)cc2)C(c2ccc(O)cc2)n2nnnc2N1. The Bertz CT molecular complexity index is 1030. The number of tetrazole rings is 1. The molecule has 0 bridgehead atoms. The number of benzene rings is 2. The minimum atomic E-state index is -0.538. The van der Waals surface area contributed by atoms with Gasteiger partial charge in [-0.25, -0.2) is 0 Å². The van der Waals surface area contributed by atoms with Crippen molar-refractivity contribution < 1.29 is 9.90 Å². The highest BCUT2D eigenvalue weighted by atomic mass is 35.5. The van der Waals surface area contributed by atoms with Gasteiger partial charge in [-0.1, -0.05) is 28.8 Å². The molecule has 0 radical (unpaired) electrons. The summed E-state index contributed by atoms with van der Waals surface area (Å²) in [6.07, 6.45) is 0. The Morgan fingerprint density at radius 1 is 1.19 bits per heavy atom. The first-order chi connectivity index (χ1) is 13.0. The third-order valence-corrected chi connectivity index (χ3v) is 4.52. The van der Waals surface area contributed by atoms with E-state index in [0.717, 1.165) is 5.56 Å². The highest BCUT2D eigenvalue weighted by Crippen LogP contribution is 2.35. The van der Waals surface area contributed by atoms with Crippen molar-refractivity contribution in [3.05, 3.63) is 70.4 Å². The largest absolute Gasteiger partial charge is 0.508 e. The van der Waals surface area contributed by atoms with Crippen molar-refractivity contribution in [3.63, 3.8) is 0 Å². The van der Waals surface area contributed by atoms with Crippen LogP contribution in [0.5, 0.6) is 5.75 Å². The van der Waals surface area contributed by atoms with Crippen LogP contribution in [0.4, 0.5) is 11.6 Å². The molecule has 0 saturated carbocycles. The maximum atomic E-state index is 13.1. The molecule has 136 valence electrons. The molecule has 0 fully saturated rings. The van der Waals surface area contributed by atoms with Crippen LogP contribution < -0.4 is 10.6 Å². The highest BCUT2D eigenvalue weighted by Gasteiger charge is 2.34. The number of amides is 1. The Hall–Kier alpha value is -3.39. The molecule has 2 aromatic carbocycles. The number of anilines is 2. The minimum Gasteiger partial charge on any atom is -0.508 e. The maximum absolute atomic E-state index is 13.1. The van der Waals surface area contributed by atoms with Gasteiger partial charge in [-0.05, 0) is 59.3 Å². The van der Waals surface area contributed by atoms with Crippen LogP contribution >= 0.6 is 11.6 Å². The molecule has 9 heteroatoms. The summed E-state index contributed by atoms with van der Waals surface area (Å²) in [6, 6.07) is 12.9. The van der Waals surface area contributed by atoms with Gasteiger partial charge in [0.2, 0.25) is 5.95 Å². The number of hydrogen-bond acceptors (Lipinski definition) is 6. The fraction of sp³-hybridized carbons (Fsp3) is 0.111. The van der Waals surface area contributed by atoms with Crippen LogP contribution in [0.2, 0.25) is 5.02 Å². The minimum absolute atomic E-state index is 0.137. The molecule has 1 aliphatic rings. The van der Waals surface area contributed by atoms with E-state index in [1.165, 1.54) is 4.68 Å². The highest BCUT2D eigenvalue weighted by molar-refractivity contribution is 6.30. The predicted molar refractivity (Wildman–Crippen MR) is 100 cm³/mol. The van der Waals surface area contributed by atoms with Gasteiger partial charge in [-0.2, -0.15) is 4.68 Å². The molecule has 1 amide bonds. The summed E-state index contributed by atoms with van der Waals surface area (Å²) >= 11 is 5.90. The third kappa shape index (κ3) is 3.22. The summed E-state index contributed by atoms with van der Waals surface area (Å²) in [6.45, 7) is 1.79. The normalized spacial score (nSPS) is 15.9. The second kappa shape index (κ2) is 6.73. The number of carbonyl (C=O) groups excluding carboxylic acids is 1. The smallest absolute Gasteiger partial charge is 0.255 e. The van der Waals surface area contributed by atoms with Crippen molar-refractivity contribution >= 4 is 29.1 Å². The molecule has 3 N–H and O–H groups in total. The van der Waals surface area contributed by atoms with Gasteiger partial charge < -0.3 is 15.7 Å². The topological polar surface area (TPSA) is 105 Å². The van der Waals surface area contributed by atoms with Gasteiger partial charge in [-0.15, -0.1) is 0 Å². The van der Waals surface area contributed by atoms with Gasteiger partial charge >= 0.3 is 0 Å². The fourth-order valence-electron chi connectivity index (χ4n) is 3.00. The lowest BCUT2D eigenvalue weighted by molar-refractivity contribution is -0.113. The molecular weight excluding hydrogens is 368 g/mol. The van der Waals surface area contributed by atoms with E-state index in [1.807, 2.05) is 0 Å². The summed E-state index contributed by atoms with van der Waals surface area (Å²) in [4.78, 5) is 13.1. The first-order valence-electron chi connectivity index (χ1n) is 8.14. The number of nitrogens with one attached hydrogen (secondary N) is 2. The average Bonchev–Trinajstić information content (AvgIpc) is 3.11. The number of hydrogen-bond donors (Lipinski definition) is 3. The Balaban J connectivity index is 1.74. The molecular formula is C18H15ClN6O2. The van der Waals surface area contributed by atoms with Crippen LogP contribution in [-0.4, -0.2) is 31.2 Å². The summed E-state index contributed by atoms with van der Waals surface area (Å²) in [7, 11) is 0. The molecule has 4 rings (SSSR count). The summed E-state index contributed by atoms with van der Waals surface area (Å²) in [5, 5.41) is 27.8. The second-order valence-corrected chi connectivity index (χ2v) is 6.50. The first-order valence-corrected chi connectivity index (χ1v) is 8.52. The fourth-order valence-corrected chi connectivity index (χ4v) is 3.13. The average molecular weight is 383 g/mol. The van der Waals surface area contributed by atoms with E-state index < -0.39 is 6.04 Å². The molecule has 1 aromatic heterocycles. The number of nitrogens with zero attached hydrogens (tertiary/aromatic N) is 4. The van der Waals surface area contributed by atoms with Gasteiger partial charge in [-0.3, -0.25) is 4.79 Å². The van der Waals surface area contributed by atoms with E-state index in [0.29, 0.717) is 27.9 Å². The molecule has 1 atom stereocenters. The van der Waals surface area contributed by atoms with Crippen LogP contribution in [-0.2, 0) is 4.79 Å². The van der Waals surface area contributed by atoms with Gasteiger partial charge in [0.15, 0.2) is 0 Å². The maximum Gasteiger partial charge on any atom is 0.255 e. The van der Waals surface area contributed by atoms with Gasteiger partial charge in [0.25, 0.3) is 5.91 Å². The van der Waals surface area contributed by atoms with E-state index in [1.54, 1.807) is 55.5 Å². The lowest BCUT2D eigenvalue weighted by atomic mass is 9.95. The first kappa shape index (κ1) is 17.0. The van der Waals surface area contributed by atoms with Crippen molar-refractivity contribution in [2.24, 2.45) is 0 Å². The molecule has 3 aromatic rings. The summed E-state index contributed by atoms with van der Waals surface area (Å²) < 4.78 is 1.54. The van der Waals surface area contributed by atoms with Crippen molar-refractivity contribution in [1.82, 2.24) is 20.2 Å². The summed E-state index contributed by atoms with van der Waals surface area (Å²) in [5.41, 5.74) is 2.50. The number of fused-ring (bicyclic) bond motifs is 1. The number of halogens is 1. The monoisotopic (exact) mass is 382 g/mol. The van der Waals surface area contributed by atoms with E-state index in [2.05, 4.69) is 26.2 Å². The standard InChI is InChI=1S/C18H15ClN6O2/c1-10-15(17(27)21-13-6-4-12(19)5-7-13)16(11-2-8-14(26)9-3-11)25-18(20-10)22-23-24-25/h2-9,16,26H,1H3,(H,21,27)(H,20,22,24). The predicted octanol–water partition coefficient (Wildman–Crippen LogP) is 2.96. The van der Waals surface area contributed by atoms with Crippen molar-refractivity contribution in [2.75, 3.05) is 10.6 Å². The number of rotatable bonds is 3. The molecule has 0 saturated heterocycles. The quantitative estimate of drug-likeness (QED) is 0.643. The number of carbonyl (C=O) groups is 1. The van der Waals surface area contributed by atoms with Crippen molar-refractivity contribution in [2.45, 2.75) is 13.0 Å². The molecule has 2 heterocycles. The van der Waals surface area contributed by atoms with E-state index in [9.17, 15) is 9.90 Å². The third-order valence-electron chi connectivity index (χ3n) is 4.27. The van der Waals surface area contributed by atoms with Gasteiger partial charge in [0.05, 0.1) is 5.57 Å². The Morgan fingerprint density at radius 2 is 1.89 bits per heavy atom. The number of phenolic OH excluding ortho intramolecular Hbond substituents is 1. The van der Waals surface area contributed by atoms with Crippen molar-refractivity contribution in [1.29, 1.82) is 0 Å². The second-order valence-electron chi connectivity index (χ2n) is 6.07. The van der Waals surface area contributed by atoms with Crippen LogP contribution in [0.1, 0.15) is 18.5 Å². The zero-order valence-corrected chi connectivity index (χ0v) is 15.0. The van der Waals surface area contributed by atoms with E-state index in [4.69, 9.17) is 11.6 Å². The summed E-state index contributed by atoms with van der Waals surface area (Å²) in [5.74, 6) is 0.285. The van der Waals surface area contributed by atoms with Crippen molar-refractivity contribution in [3.8, 4) is 5.75 Å². The Morgan fingerprint density at radius 3 is 2.59 bits per heavy atom. The van der Waals surface area contributed by atoms with Crippen LogP contribution in [0, 0.1) is 0 Å². The molecule has 0 aliphatic carbocycles. The number of aromatic nitrogens is 4. The lowest BCUT2D eigenvalue weighted by Gasteiger charge is -2.28. The molecule has 0 spiro atoms. The molecule has 8 nitrogen and oxygen atoms in total. The van der Waals surface area contributed by atoms with E-state index >= 15 is 0 Å². The van der Waals surface area contributed by atoms with Gasteiger partial charge in [0, 0.05) is 16.4 Å². The lowest BCUT2D eigenvalue weighted by Crippen LogP contribution is -2.31. The Kier molecular flexibility index (Phi) is 4.25. The Labute approximate surface area is 159 Å². The number of phenols is 1. The molecule has 27 heavy (non-hydrogen) atoms. The number of aromatic hydroxyl groups is 1. The van der Waals surface area contributed by atoms with Gasteiger partial charge in [0.1, 0.15) is 11.8 Å². The molecule has 1 aliphatic heterocycles. The van der Waals surface area contributed by atoms with Crippen LogP contribution in [0.15, 0.2) is 59.8 Å². The zero-order chi connectivity index (χ0) is 19.0. The van der Waals surface area contributed by atoms with Crippen LogP contribution in [0.3, 0.4) is 0 Å². The van der Waals surface area contributed by atoms with Crippen LogP contribution in [0.25, 0.3) is 0 Å². The number of allylic oxidation sites excluding steroid dienone is 1. The van der Waals surface area contributed by atoms with E-state index in [-0.39, 0.29) is 11.7 Å². The zero-order valence-electron chi connectivity index (χ0n) is 14.2. The molecule has 1 unspecified atom stereocenters.